The number of ether oxygens (including phenoxy) is 1. The lowest BCUT2D eigenvalue weighted by Crippen LogP contribution is -2.40. The largest absolute Gasteiger partial charge is 0.463 e. The van der Waals surface area contributed by atoms with Crippen molar-refractivity contribution in [3.05, 3.63) is 40.7 Å². The zero-order valence-electron chi connectivity index (χ0n) is 15.6. The maximum atomic E-state index is 12.9. The summed E-state index contributed by atoms with van der Waals surface area (Å²) in [7, 11) is 1.21. The van der Waals surface area contributed by atoms with Gasteiger partial charge in [0.15, 0.2) is 0 Å². The number of carbonyl (C=O) groups is 4. The average molecular weight is 414 g/mol. The summed E-state index contributed by atoms with van der Waals surface area (Å²) >= 11 is 0.839. The highest BCUT2D eigenvalue weighted by Crippen LogP contribution is 2.31. The second kappa shape index (κ2) is 7.70. The van der Waals surface area contributed by atoms with E-state index < -0.39 is 11.9 Å². The number of imide groups is 1. The molecule has 0 radical (unpaired) electrons. The molecule has 3 amide bonds. The van der Waals surface area contributed by atoms with Crippen LogP contribution in [-0.2, 0) is 4.74 Å². The topological polar surface area (TPSA) is 119 Å². The van der Waals surface area contributed by atoms with Crippen LogP contribution in [0.15, 0.2) is 18.2 Å². The number of nitrogens with zero attached hydrogens (tertiary/aromatic N) is 3. The number of amides is 3. The lowest BCUT2D eigenvalue weighted by atomic mass is 9.94. The quantitative estimate of drug-likeness (QED) is 0.603. The molecule has 4 rings (SSSR count). The Kier molecular flexibility index (Phi) is 5.10. The first-order valence-corrected chi connectivity index (χ1v) is 10.0. The summed E-state index contributed by atoms with van der Waals surface area (Å²) in [5, 5.41) is 2.66. The van der Waals surface area contributed by atoms with Gasteiger partial charge in [-0.05, 0) is 31.0 Å². The number of rotatable bonds is 4. The minimum atomic E-state index is -0.703. The fourth-order valence-electron chi connectivity index (χ4n) is 3.69. The predicted octanol–water partition coefficient (Wildman–Crippen LogP) is 2.51. The standard InChI is InChI=1S/C19H18N4O5S/c1-28-18(27)14-20-19(29-22-14)21-15(24)10-7-8-12-13(9-10)17(26)23(16(12)25)11-5-3-2-4-6-11/h7-9,11H,2-6H2,1H3,(H,20,21,22,24). The van der Waals surface area contributed by atoms with E-state index in [1.165, 1.54) is 30.2 Å². The number of anilines is 1. The van der Waals surface area contributed by atoms with Crippen molar-refractivity contribution in [2.75, 3.05) is 12.4 Å². The molecule has 0 saturated heterocycles. The molecule has 2 aliphatic rings. The molecule has 10 heteroatoms. The fourth-order valence-corrected chi connectivity index (χ4v) is 4.24. The first-order valence-electron chi connectivity index (χ1n) is 9.25. The van der Waals surface area contributed by atoms with Gasteiger partial charge < -0.3 is 4.74 Å². The number of nitrogens with one attached hydrogen (secondary N) is 1. The number of methoxy groups -OCH3 is 1. The summed E-state index contributed by atoms with van der Waals surface area (Å²) in [4.78, 5) is 54.8. The minimum absolute atomic E-state index is 0.0773. The maximum absolute atomic E-state index is 12.9. The molecule has 0 unspecified atom stereocenters. The van der Waals surface area contributed by atoms with Gasteiger partial charge in [0.1, 0.15) is 0 Å². The van der Waals surface area contributed by atoms with Gasteiger partial charge >= 0.3 is 5.97 Å². The molecule has 1 aromatic heterocycles. The van der Waals surface area contributed by atoms with E-state index >= 15 is 0 Å². The molecule has 1 aliphatic heterocycles. The highest BCUT2D eigenvalue weighted by molar-refractivity contribution is 7.10. The molecule has 0 atom stereocenters. The zero-order chi connectivity index (χ0) is 20.5. The Morgan fingerprint density at radius 3 is 2.59 bits per heavy atom. The molecule has 1 fully saturated rings. The van der Waals surface area contributed by atoms with Gasteiger partial charge in [0, 0.05) is 23.1 Å². The second-order valence-electron chi connectivity index (χ2n) is 6.90. The van der Waals surface area contributed by atoms with Crippen LogP contribution in [0.5, 0.6) is 0 Å². The molecule has 2 aromatic rings. The van der Waals surface area contributed by atoms with Gasteiger partial charge in [0.25, 0.3) is 23.5 Å². The minimum Gasteiger partial charge on any atom is -0.463 e. The summed E-state index contributed by atoms with van der Waals surface area (Å²) in [6, 6.07) is 4.35. The van der Waals surface area contributed by atoms with Gasteiger partial charge in [-0.2, -0.15) is 9.36 Å². The van der Waals surface area contributed by atoms with Crippen LogP contribution in [0.25, 0.3) is 0 Å². The van der Waals surface area contributed by atoms with Crippen molar-refractivity contribution in [2.24, 2.45) is 0 Å². The van der Waals surface area contributed by atoms with Crippen molar-refractivity contribution >= 4 is 40.4 Å². The number of carbonyl (C=O) groups excluding carboxylic acids is 4. The smallest absolute Gasteiger partial charge is 0.377 e. The summed E-state index contributed by atoms with van der Waals surface area (Å²) in [6.45, 7) is 0. The van der Waals surface area contributed by atoms with Crippen LogP contribution in [0, 0.1) is 0 Å². The monoisotopic (exact) mass is 414 g/mol. The number of fused-ring (bicyclic) bond motifs is 1. The van der Waals surface area contributed by atoms with Crippen LogP contribution in [0.2, 0.25) is 0 Å². The van der Waals surface area contributed by atoms with Crippen molar-refractivity contribution < 1.29 is 23.9 Å². The average Bonchev–Trinajstić information content (AvgIpc) is 3.30. The third-order valence-corrected chi connectivity index (χ3v) is 5.76. The lowest BCUT2D eigenvalue weighted by Gasteiger charge is -2.29. The van der Waals surface area contributed by atoms with Crippen molar-refractivity contribution in [2.45, 2.75) is 38.1 Å². The highest BCUT2D eigenvalue weighted by atomic mass is 32.1. The van der Waals surface area contributed by atoms with Crippen LogP contribution in [0.1, 0.15) is 73.8 Å². The Labute approximate surface area is 170 Å². The Hall–Kier alpha value is -3.14. The number of aromatic nitrogens is 2. The van der Waals surface area contributed by atoms with Crippen LogP contribution in [-0.4, -0.2) is 51.1 Å². The molecule has 1 aromatic carbocycles. The van der Waals surface area contributed by atoms with Gasteiger partial charge in [-0.3, -0.25) is 24.6 Å². The Morgan fingerprint density at radius 1 is 1.14 bits per heavy atom. The predicted molar refractivity (Wildman–Crippen MR) is 103 cm³/mol. The van der Waals surface area contributed by atoms with E-state index in [0.29, 0.717) is 5.56 Å². The van der Waals surface area contributed by atoms with Gasteiger partial charge in [0.2, 0.25) is 5.13 Å². The third kappa shape index (κ3) is 3.51. The van der Waals surface area contributed by atoms with E-state index in [-0.39, 0.29) is 39.9 Å². The summed E-state index contributed by atoms with van der Waals surface area (Å²) < 4.78 is 8.34. The van der Waals surface area contributed by atoms with Gasteiger partial charge in [0.05, 0.1) is 18.2 Å². The van der Waals surface area contributed by atoms with Crippen molar-refractivity contribution in [3.8, 4) is 0 Å². The summed E-state index contributed by atoms with van der Waals surface area (Å²) in [5.74, 6) is -2.01. The molecule has 29 heavy (non-hydrogen) atoms. The number of esters is 1. The van der Waals surface area contributed by atoms with Gasteiger partial charge in [-0.1, -0.05) is 19.3 Å². The van der Waals surface area contributed by atoms with E-state index in [1.807, 2.05) is 0 Å². The van der Waals surface area contributed by atoms with Crippen LogP contribution in [0.4, 0.5) is 5.13 Å². The van der Waals surface area contributed by atoms with E-state index in [4.69, 9.17) is 0 Å². The first-order chi connectivity index (χ1) is 14.0. The molecule has 0 spiro atoms. The molecule has 1 N–H and O–H groups in total. The Morgan fingerprint density at radius 2 is 1.86 bits per heavy atom. The lowest BCUT2D eigenvalue weighted by molar-refractivity contribution is 0.0546. The van der Waals surface area contributed by atoms with Crippen LogP contribution >= 0.6 is 11.5 Å². The second-order valence-corrected chi connectivity index (χ2v) is 7.65. The van der Waals surface area contributed by atoms with Crippen LogP contribution in [0.3, 0.4) is 0 Å². The fraction of sp³-hybridized carbons (Fsp3) is 0.368. The van der Waals surface area contributed by atoms with Crippen LogP contribution < -0.4 is 5.32 Å². The maximum Gasteiger partial charge on any atom is 0.377 e. The normalized spacial score (nSPS) is 16.7. The summed E-state index contributed by atoms with van der Waals surface area (Å²) in [6.07, 6.45) is 4.76. The van der Waals surface area contributed by atoms with Crippen molar-refractivity contribution in [3.63, 3.8) is 0 Å². The molecule has 0 bridgehead atoms. The molecule has 1 aliphatic carbocycles. The van der Waals surface area contributed by atoms with Gasteiger partial charge in [-0.15, -0.1) is 0 Å². The number of hydrogen-bond donors (Lipinski definition) is 1. The molecule has 2 heterocycles. The Bertz CT molecular complexity index is 1010. The van der Waals surface area contributed by atoms with E-state index in [0.717, 1.165) is 43.6 Å². The van der Waals surface area contributed by atoms with Gasteiger partial charge in [-0.25, -0.2) is 4.79 Å². The SMILES string of the molecule is COC(=O)c1nsc(NC(=O)c2ccc3c(c2)C(=O)N(C2CCCCC2)C3=O)n1. The molecule has 9 nitrogen and oxygen atoms in total. The third-order valence-electron chi connectivity index (χ3n) is 5.13. The van der Waals surface area contributed by atoms with Crippen molar-refractivity contribution in [1.82, 2.24) is 14.3 Å². The first kappa shape index (κ1) is 19.2. The van der Waals surface area contributed by atoms with E-state index in [2.05, 4.69) is 19.4 Å². The van der Waals surface area contributed by atoms with E-state index in [9.17, 15) is 19.2 Å². The van der Waals surface area contributed by atoms with Crippen molar-refractivity contribution in [1.29, 1.82) is 0 Å². The molecular weight excluding hydrogens is 396 g/mol. The summed E-state index contributed by atoms with van der Waals surface area (Å²) in [5.41, 5.74) is 0.770. The van der Waals surface area contributed by atoms with E-state index in [1.54, 1.807) is 0 Å². The molecule has 150 valence electrons. The molecular formula is C19H18N4O5S. The Balaban J connectivity index is 1.53. The zero-order valence-corrected chi connectivity index (χ0v) is 16.5. The number of benzene rings is 1. The highest BCUT2D eigenvalue weighted by Gasteiger charge is 2.40. The molecule has 1 saturated carbocycles. The number of hydrogen-bond acceptors (Lipinski definition) is 8.